The average Bonchev–Trinajstić information content (AvgIpc) is 3.51. The van der Waals surface area contributed by atoms with Gasteiger partial charge in [-0.25, -0.2) is 18.1 Å². The van der Waals surface area contributed by atoms with E-state index >= 15 is 8.78 Å². The topological polar surface area (TPSA) is 70.5 Å². The van der Waals surface area contributed by atoms with Gasteiger partial charge in [0.2, 0.25) is 0 Å². The van der Waals surface area contributed by atoms with Gasteiger partial charge in [-0.3, -0.25) is 14.3 Å². The van der Waals surface area contributed by atoms with Crippen molar-refractivity contribution in [2.45, 2.75) is 59.4 Å². The number of aromatic nitrogens is 6. The Hall–Kier alpha value is -4.25. The maximum absolute atomic E-state index is 16.4. The van der Waals surface area contributed by atoms with E-state index in [1.54, 1.807) is 32.0 Å². The zero-order chi connectivity index (χ0) is 30.9. The lowest BCUT2D eigenvalue weighted by Gasteiger charge is -2.18. The molecule has 0 radical (unpaired) electrons. The highest BCUT2D eigenvalue weighted by Gasteiger charge is 2.42. The molecule has 0 amide bonds. The van der Waals surface area contributed by atoms with Crippen molar-refractivity contribution in [3.63, 3.8) is 0 Å². The van der Waals surface area contributed by atoms with E-state index < -0.39 is 23.7 Å². The molecule has 0 spiro atoms. The first-order valence-electron chi connectivity index (χ1n) is 13.6. The summed E-state index contributed by atoms with van der Waals surface area (Å²) in [7, 11) is 0. The summed E-state index contributed by atoms with van der Waals surface area (Å²) in [5.41, 5.74) is 3.44. The Morgan fingerprint density at radius 2 is 1.77 bits per heavy atom. The smallest absolute Gasteiger partial charge is 0.277 e. The fraction of sp³-hybridized carbons (Fsp3) is 0.290. The maximum Gasteiger partial charge on any atom is 0.333 e. The Morgan fingerprint density at radius 1 is 1.02 bits per heavy atom. The van der Waals surface area contributed by atoms with Crippen molar-refractivity contribution in [1.82, 2.24) is 29.1 Å². The second kappa shape index (κ2) is 10.5. The molecule has 2 atom stereocenters. The van der Waals surface area contributed by atoms with Gasteiger partial charge in [-0.05, 0) is 93.3 Å². The number of hydrogen-bond acceptors (Lipinski definition) is 4. The van der Waals surface area contributed by atoms with Crippen LogP contribution < -0.4 is 5.56 Å². The highest BCUT2D eigenvalue weighted by atomic mass is 35.5. The Labute approximate surface area is 249 Å². The molecule has 1 aliphatic carbocycles. The van der Waals surface area contributed by atoms with E-state index in [1.165, 1.54) is 33.9 Å². The molecule has 0 unspecified atom stereocenters. The molecule has 0 saturated heterocycles. The lowest BCUT2D eigenvalue weighted by Crippen LogP contribution is -2.24. The van der Waals surface area contributed by atoms with Gasteiger partial charge in [0.25, 0.3) is 5.56 Å². The monoisotopic (exact) mass is 610 g/mol. The fourth-order valence-corrected chi connectivity index (χ4v) is 5.97. The molecule has 1 fully saturated rings. The quantitative estimate of drug-likeness (QED) is 0.188. The largest absolute Gasteiger partial charge is 0.333 e. The molecule has 4 heterocycles. The van der Waals surface area contributed by atoms with Crippen LogP contribution in [0.3, 0.4) is 0 Å². The third kappa shape index (κ3) is 4.66. The number of pyridine rings is 2. The van der Waals surface area contributed by atoms with E-state index in [4.69, 9.17) is 11.6 Å². The first-order chi connectivity index (χ1) is 20.4. The number of alkyl halides is 2. The van der Waals surface area contributed by atoms with E-state index in [-0.39, 0.29) is 39.5 Å². The van der Waals surface area contributed by atoms with Crippen LogP contribution in [0.1, 0.15) is 64.1 Å². The van der Waals surface area contributed by atoms with Crippen molar-refractivity contribution < 1.29 is 17.6 Å². The molecule has 43 heavy (non-hydrogen) atoms. The van der Waals surface area contributed by atoms with Gasteiger partial charge in [-0.2, -0.15) is 19.0 Å². The van der Waals surface area contributed by atoms with Gasteiger partial charge in [0.1, 0.15) is 16.4 Å². The first-order valence-corrected chi connectivity index (χ1v) is 14.0. The van der Waals surface area contributed by atoms with Gasteiger partial charge < -0.3 is 0 Å². The molecule has 5 aromatic rings. The highest BCUT2D eigenvalue weighted by Crippen LogP contribution is 2.56. The van der Waals surface area contributed by atoms with Gasteiger partial charge in [0.15, 0.2) is 11.6 Å². The van der Waals surface area contributed by atoms with E-state index in [0.717, 1.165) is 17.0 Å². The van der Waals surface area contributed by atoms with Crippen molar-refractivity contribution in [1.29, 1.82) is 0 Å². The molecule has 1 saturated carbocycles. The van der Waals surface area contributed by atoms with E-state index in [0.29, 0.717) is 33.5 Å². The molecular weight excluding hydrogens is 584 g/mol. The summed E-state index contributed by atoms with van der Waals surface area (Å²) in [4.78, 5) is 17.9. The maximum atomic E-state index is 16.4. The molecular formula is C31H27ClF4N6O. The van der Waals surface area contributed by atoms with Crippen LogP contribution >= 0.6 is 11.6 Å². The normalized spacial score (nSPS) is 16.3. The summed E-state index contributed by atoms with van der Waals surface area (Å²) in [6.07, 6.45) is 4.67. The molecule has 1 aromatic carbocycles. The lowest BCUT2D eigenvalue weighted by atomic mass is 10.0. The molecule has 222 valence electrons. The van der Waals surface area contributed by atoms with E-state index in [9.17, 15) is 13.6 Å². The minimum atomic E-state index is -2.75. The number of benzene rings is 1. The highest BCUT2D eigenvalue weighted by molar-refractivity contribution is 6.31. The molecule has 6 rings (SSSR count). The Kier molecular flexibility index (Phi) is 7.03. The molecule has 0 bridgehead atoms. The van der Waals surface area contributed by atoms with Gasteiger partial charge in [0.05, 0.1) is 17.6 Å². The summed E-state index contributed by atoms with van der Waals surface area (Å²) in [6.45, 7) is 6.06. The fourth-order valence-electron chi connectivity index (χ4n) is 5.69. The van der Waals surface area contributed by atoms with Gasteiger partial charge in [0, 0.05) is 29.3 Å². The van der Waals surface area contributed by atoms with E-state index in [1.807, 2.05) is 20.8 Å². The second-order valence-electron chi connectivity index (χ2n) is 11.0. The van der Waals surface area contributed by atoms with Crippen molar-refractivity contribution >= 4 is 11.6 Å². The van der Waals surface area contributed by atoms with Crippen molar-refractivity contribution in [2.24, 2.45) is 0 Å². The first kappa shape index (κ1) is 28.9. The zero-order valence-corrected chi connectivity index (χ0v) is 24.7. The lowest BCUT2D eigenvalue weighted by molar-refractivity contribution is 0.0565. The predicted molar refractivity (Wildman–Crippen MR) is 155 cm³/mol. The summed E-state index contributed by atoms with van der Waals surface area (Å²) in [5, 5.41) is 8.04. The van der Waals surface area contributed by atoms with Crippen LogP contribution in [0.15, 0.2) is 47.7 Å². The molecule has 12 heteroatoms. The Bertz CT molecular complexity index is 1980. The van der Waals surface area contributed by atoms with Crippen LogP contribution in [-0.2, 0) is 0 Å². The van der Waals surface area contributed by atoms with Crippen molar-refractivity contribution in [2.75, 3.05) is 0 Å². The molecule has 0 N–H and O–H groups in total. The van der Waals surface area contributed by atoms with Crippen LogP contribution in [0, 0.1) is 46.3 Å². The predicted octanol–water partition coefficient (Wildman–Crippen LogP) is 7.42. The summed E-state index contributed by atoms with van der Waals surface area (Å²) < 4.78 is 61.5. The number of hydrogen-bond donors (Lipinski definition) is 0. The summed E-state index contributed by atoms with van der Waals surface area (Å²) >= 11 is 6.59. The third-order valence-corrected chi connectivity index (χ3v) is 8.70. The van der Waals surface area contributed by atoms with Crippen LogP contribution in [0.25, 0.3) is 22.6 Å². The van der Waals surface area contributed by atoms with Crippen molar-refractivity contribution in [3.05, 3.63) is 109 Å². The van der Waals surface area contributed by atoms with Gasteiger partial charge in [-0.1, -0.05) is 17.7 Å². The Balaban J connectivity index is 1.42. The summed E-state index contributed by atoms with van der Waals surface area (Å²) in [6, 6.07) is 6.29. The standard InChI is InChI=1S/C31H27ClF4N6O/c1-14-11-37-28(20-7-6-8-24(26(20)33)42-18(5)16(3)17(4)39-42)27(34)29(14)41-15(2)9-23(25(32)30(41)43)22-10-21(22)19-12-38-40(13-19)31(35)36/h6-9,11-13,21-22,31H,10H2,1-5H3/t21-,22+/m1/s1. The van der Waals surface area contributed by atoms with Crippen LogP contribution in [0.2, 0.25) is 5.02 Å². The minimum absolute atomic E-state index is 0.0833. The number of rotatable bonds is 6. The SMILES string of the molecule is Cc1cnc(-c2cccc(-n3nc(C)c(C)c3C)c2F)c(F)c1-n1c(C)cc([C@H]2C[C@@H]2c2cnn(C(F)F)c2)c(Cl)c1=O. The van der Waals surface area contributed by atoms with Crippen LogP contribution in [-0.4, -0.2) is 29.1 Å². The second-order valence-corrected chi connectivity index (χ2v) is 11.4. The number of halogens is 5. The third-order valence-electron chi connectivity index (χ3n) is 8.32. The number of aryl methyl sites for hydroxylation is 3. The summed E-state index contributed by atoms with van der Waals surface area (Å²) in [5.74, 6) is -1.87. The molecule has 0 aliphatic heterocycles. The Morgan fingerprint density at radius 3 is 2.42 bits per heavy atom. The minimum Gasteiger partial charge on any atom is -0.277 e. The van der Waals surface area contributed by atoms with Crippen molar-refractivity contribution in [3.8, 4) is 22.6 Å². The van der Waals surface area contributed by atoms with Crippen LogP contribution in [0.5, 0.6) is 0 Å². The van der Waals surface area contributed by atoms with Gasteiger partial charge >= 0.3 is 6.55 Å². The van der Waals surface area contributed by atoms with Gasteiger partial charge in [-0.15, -0.1) is 0 Å². The molecule has 7 nitrogen and oxygen atoms in total. The molecule has 1 aliphatic rings. The van der Waals surface area contributed by atoms with E-state index in [2.05, 4.69) is 15.2 Å². The zero-order valence-electron chi connectivity index (χ0n) is 24.0. The molecule has 4 aromatic heterocycles. The number of nitrogens with zero attached hydrogens (tertiary/aromatic N) is 6. The van der Waals surface area contributed by atoms with Crippen LogP contribution in [0.4, 0.5) is 17.6 Å². The average molecular weight is 611 g/mol.